The predicted octanol–water partition coefficient (Wildman–Crippen LogP) is 12.5. The molecule has 0 aliphatic heterocycles. The van der Waals surface area contributed by atoms with E-state index in [4.69, 9.17) is 4.42 Å². The van der Waals surface area contributed by atoms with Crippen LogP contribution in [0.25, 0.3) is 55.3 Å². The van der Waals surface area contributed by atoms with Gasteiger partial charge in [0.2, 0.25) is 0 Å². The van der Waals surface area contributed by atoms with Crippen molar-refractivity contribution in [3.63, 3.8) is 0 Å². The lowest BCUT2D eigenvalue weighted by atomic mass is 9.96. The number of allylic oxidation sites excluding steroid dienone is 4. The van der Waals surface area contributed by atoms with Gasteiger partial charge in [-0.25, -0.2) is 0 Å². The van der Waals surface area contributed by atoms with E-state index >= 15 is 0 Å². The number of fused-ring (bicyclic) bond motifs is 3. The van der Waals surface area contributed by atoms with Crippen LogP contribution in [0.2, 0.25) is 0 Å². The number of nitrogens with zero attached hydrogens (tertiary/aromatic N) is 1. The number of benzene rings is 6. The molecule has 6 aromatic carbocycles. The molecule has 222 valence electrons. The van der Waals surface area contributed by atoms with Crippen LogP contribution in [0.4, 0.5) is 11.4 Å². The van der Waals surface area contributed by atoms with Crippen molar-refractivity contribution in [1.29, 1.82) is 0 Å². The fourth-order valence-electron chi connectivity index (χ4n) is 6.60. The fourth-order valence-corrected chi connectivity index (χ4v) is 6.60. The van der Waals surface area contributed by atoms with Gasteiger partial charge in [0.15, 0.2) is 0 Å². The van der Waals surface area contributed by atoms with Crippen LogP contribution in [0.1, 0.15) is 18.9 Å². The maximum absolute atomic E-state index is 6.25. The number of aryl methyl sites for hydroxylation is 1. The van der Waals surface area contributed by atoms with Crippen LogP contribution in [0.3, 0.4) is 0 Å². The summed E-state index contributed by atoms with van der Waals surface area (Å²) in [6.07, 6.45) is 7.74. The lowest BCUT2D eigenvalue weighted by Gasteiger charge is -2.32. The van der Waals surface area contributed by atoms with Crippen molar-refractivity contribution in [3.05, 3.63) is 169 Å². The van der Waals surface area contributed by atoms with Gasteiger partial charge in [-0.15, -0.1) is 0 Å². The zero-order valence-corrected chi connectivity index (χ0v) is 26.2. The van der Waals surface area contributed by atoms with Gasteiger partial charge < -0.3 is 9.32 Å². The van der Waals surface area contributed by atoms with Crippen LogP contribution in [-0.2, 0) is 0 Å². The first-order valence-electron chi connectivity index (χ1n) is 16.1. The van der Waals surface area contributed by atoms with Crippen molar-refractivity contribution in [2.75, 3.05) is 4.90 Å². The van der Waals surface area contributed by atoms with Crippen LogP contribution in [0.5, 0.6) is 0 Å². The number of rotatable bonds is 6. The summed E-state index contributed by atoms with van der Waals surface area (Å²) in [5.41, 5.74) is 13.9. The molecule has 0 bridgehead atoms. The first-order valence-corrected chi connectivity index (χ1v) is 16.1. The van der Waals surface area contributed by atoms with E-state index in [1.807, 2.05) is 0 Å². The zero-order valence-electron chi connectivity index (χ0n) is 26.2. The Kier molecular flexibility index (Phi) is 7.11. The third kappa shape index (κ3) is 5.22. The summed E-state index contributed by atoms with van der Waals surface area (Å²) in [4.78, 5) is 2.41. The lowest BCUT2D eigenvalue weighted by Crippen LogP contribution is -2.22. The molecular formula is C44H35NO. The Balaban J connectivity index is 1.15. The smallest absolute Gasteiger partial charge is 0.135 e. The summed E-state index contributed by atoms with van der Waals surface area (Å²) in [7, 11) is 0. The molecule has 46 heavy (non-hydrogen) atoms. The molecule has 1 unspecified atom stereocenters. The van der Waals surface area contributed by atoms with Crippen LogP contribution in [0, 0.1) is 12.8 Å². The van der Waals surface area contributed by atoms with Crippen molar-refractivity contribution < 1.29 is 4.42 Å². The van der Waals surface area contributed by atoms with E-state index in [1.54, 1.807) is 0 Å². The highest BCUT2D eigenvalue weighted by atomic mass is 16.3. The van der Waals surface area contributed by atoms with Crippen LogP contribution in [0.15, 0.2) is 168 Å². The van der Waals surface area contributed by atoms with Gasteiger partial charge in [-0.3, -0.25) is 0 Å². The van der Waals surface area contributed by atoms with Crippen molar-refractivity contribution in [2.45, 2.75) is 20.3 Å². The minimum absolute atomic E-state index is 0.417. The first-order chi connectivity index (χ1) is 22.6. The summed E-state index contributed by atoms with van der Waals surface area (Å²) in [6, 6.07) is 50.2. The van der Waals surface area contributed by atoms with Crippen molar-refractivity contribution in [1.82, 2.24) is 0 Å². The van der Waals surface area contributed by atoms with Crippen LogP contribution in [-0.4, -0.2) is 0 Å². The molecule has 0 saturated carbocycles. The summed E-state index contributed by atoms with van der Waals surface area (Å²) in [5, 5.41) is 2.28. The third-order valence-corrected chi connectivity index (χ3v) is 9.20. The molecule has 0 saturated heterocycles. The zero-order chi connectivity index (χ0) is 31.0. The number of hydrogen-bond acceptors (Lipinski definition) is 2. The quantitative estimate of drug-likeness (QED) is 0.191. The molecule has 1 aliphatic carbocycles. The molecule has 8 rings (SSSR count). The summed E-state index contributed by atoms with van der Waals surface area (Å²) in [6.45, 7) is 4.43. The van der Waals surface area contributed by atoms with Gasteiger partial charge in [0.25, 0.3) is 0 Å². The molecule has 1 aromatic heterocycles. The summed E-state index contributed by atoms with van der Waals surface area (Å²) >= 11 is 0. The molecule has 2 heteroatoms. The van der Waals surface area contributed by atoms with E-state index in [0.29, 0.717) is 5.92 Å². The average molecular weight is 594 g/mol. The van der Waals surface area contributed by atoms with Gasteiger partial charge in [-0.05, 0) is 101 Å². The van der Waals surface area contributed by atoms with E-state index in [0.717, 1.165) is 39.7 Å². The SMILES string of the molecule is Cc1ccc(-c2ccc3oc4ccc(-c5ccc(N(C6=CC=CCC6C)c6ccc(-c7ccccc7)cc6)cc5)cc4c3c2)cc1. The Bertz CT molecular complexity index is 2220. The van der Waals surface area contributed by atoms with Crippen LogP contribution < -0.4 is 4.90 Å². The molecule has 2 nitrogen and oxygen atoms in total. The van der Waals surface area contributed by atoms with E-state index in [2.05, 4.69) is 177 Å². The lowest BCUT2D eigenvalue weighted by molar-refractivity contribution is 0.669. The highest BCUT2D eigenvalue weighted by molar-refractivity contribution is 6.07. The highest BCUT2D eigenvalue weighted by Gasteiger charge is 2.21. The van der Waals surface area contributed by atoms with Crippen molar-refractivity contribution in [2.24, 2.45) is 5.92 Å². The Morgan fingerprint density at radius 1 is 0.543 bits per heavy atom. The minimum Gasteiger partial charge on any atom is -0.456 e. The van der Waals surface area contributed by atoms with Gasteiger partial charge in [0.1, 0.15) is 11.2 Å². The van der Waals surface area contributed by atoms with Crippen molar-refractivity contribution >= 4 is 33.3 Å². The summed E-state index contributed by atoms with van der Waals surface area (Å²) < 4.78 is 6.25. The molecule has 1 aliphatic rings. The van der Waals surface area contributed by atoms with E-state index < -0.39 is 0 Å². The monoisotopic (exact) mass is 593 g/mol. The predicted molar refractivity (Wildman–Crippen MR) is 194 cm³/mol. The van der Waals surface area contributed by atoms with E-state index in [-0.39, 0.29) is 0 Å². The number of furan rings is 1. The molecule has 0 N–H and O–H groups in total. The molecule has 1 atom stereocenters. The number of anilines is 2. The highest BCUT2D eigenvalue weighted by Crippen LogP contribution is 2.39. The fraction of sp³-hybridized carbons (Fsp3) is 0.0909. The molecule has 0 spiro atoms. The van der Waals surface area contributed by atoms with Gasteiger partial charge in [-0.1, -0.05) is 116 Å². The first kappa shape index (κ1) is 27.9. The molecule has 0 radical (unpaired) electrons. The van der Waals surface area contributed by atoms with Gasteiger partial charge >= 0.3 is 0 Å². The van der Waals surface area contributed by atoms with Gasteiger partial charge in [0, 0.05) is 33.8 Å². The topological polar surface area (TPSA) is 16.4 Å². The Hall–Kier alpha value is -5.60. The normalized spacial score (nSPS) is 14.5. The Labute approximate surface area is 270 Å². The molecule has 0 amide bonds. The van der Waals surface area contributed by atoms with Crippen molar-refractivity contribution in [3.8, 4) is 33.4 Å². The van der Waals surface area contributed by atoms with Gasteiger partial charge in [0.05, 0.1) is 0 Å². The summed E-state index contributed by atoms with van der Waals surface area (Å²) in [5.74, 6) is 0.417. The molecular weight excluding hydrogens is 558 g/mol. The second-order valence-electron chi connectivity index (χ2n) is 12.3. The maximum atomic E-state index is 6.25. The maximum Gasteiger partial charge on any atom is 0.135 e. The van der Waals surface area contributed by atoms with Crippen LogP contribution >= 0.6 is 0 Å². The third-order valence-electron chi connectivity index (χ3n) is 9.20. The number of hydrogen-bond donors (Lipinski definition) is 0. The largest absolute Gasteiger partial charge is 0.456 e. The van der Waals surface area contributed by atoms with Gasteiger partial charge in [-0.2, -0.15) is 0 Å². The second-order valence-corrected chi connectivity index (χ2v) is 12.3. The molecule has 1 heterocycles. The molecule has 0 fully saturated rings. The van der Waals surface area contributed by atoms with E-state index in [1.165, 1.54) is 44.6 Å². The minimum atomic E-state index is 0.417. The standard InChI is InChI=1S/C44H35NO/c1-30-12-14-34(15-13-30)36-20-26-43-40(28-36)41-29-37(21-27-44(41)46-43)35-18-24-39(25-19-35)45(42-11-7-6-8-31(42)2)38-22-16-33(17-23-38)32-9-4-3-5-10-32/h3-7,9-29,31H,8H2,1-2H3. The Morgan fingerprint density at radius 3 is 1.57 bits per heavy atom. The Morgan fingerprint density at radius 2 is 1.02 bits per heavy atom. The second kappa shape index (κ2) is 11.7. The average Bonchev–Trinajstić information content (AvgIpc) is 3.48. The van der Waals surface area contributed by atoms with E-state index in [9.17, 15) is 0 Å². The molecule has 7 aromatic rings.